The molecule has 0 aliphatic carbocycles. The number of fused-ring (bicyclic) bond motifs is 2. The number of thiophene rings is 2. The van der Waals surface area contributed by atoms with Crippen molar-refractivity contribution in [1.82, 2.24) is 10.9 Å². The number of aryl methyl sites for hydroxylation is 2. The number of esters is 2. The van der Waals surface area contributed by atoms with E-state index in [0.717, 1.165) is 37.9 Å². The molecule has 101 heavy (non-hydrogen) atoms. The number of carboxylic acids is 1. The van der Waals surface area contributed by atoms with Crippen LogP contribution in [0.2, 0.25) is 0 Å². The van der Waals surface area contributed by atoms with Crippen LogP contribution in [-0.2, 0) is 28.7 Å². The van der Waals surface area contributed by atoms with Gasteiger partial charge in [-0.15, -0.1) is 22.7 Å². The minimum atomic E-state index is -0.985. The molecule has 2 heterocycles. The molecule has 0 bridgehead atoms. The minimum Gasteiger partial charge on any atom is -0.493 e. The number of hydrazone groups is 1. The first-order valence-electron chi connectivity index (χ1n) is 30.3. The Kier molecular flexibility index (Phi) is 42.2. The van der Waals surface area contributed by atoms with Crippen LogP contribution >= 0.6 is 22.7 Å². The number of carbonyl (C=O) groups excluding carboxylic acids is 8. The lowest BCUT2D eigenvalue weighted by atomic mass is 10.1. The van der Waals surface area contributed by atoms with Gasteiger partial charge >= 0.3 is 17.9 Å². The van der Waals surface area contributed by atoms with Crippen molar-refractivity contribution in [3.05, 3.63) is 164 Å². The van der Waals surface area contributed by atoms with Crippen LogP contribution < -0.4 is 60.3 Å². The lowest BCUT2D eigenvalue weighted by molar-refractivity contribution is -0.143. The van der Waals surface area contributed by atoms with E-state index in [2.05, 4.69) is 21.3 Å². The van der Waals surface area contributed by atoms with E-state index in [9.17, 15) is 43.2 Å². The van der Waals surface area contributed by atoms with Crippen molar-refractivity contribution in [2.75, 3.05) is 76.6 Å². The first-order valence-corrected chi connectivity index (χ1v) is 31.9. The Morgan fingerprint density at radius 2 is 0.822 bits per heavy atom. The molecule has 0 unspecified atom stereocenters. The largest absolute Gasteiger partial charge is 0.493 e. The van der Waals surface area contributed by atoms with Crippen LogP contribution in [0.15, 0.2) is 126 Å². The van der Waals surface area contributed by atoms with Crippen LogP contribution in [0, 0.1) is 24.9 Å². The molecule has 0 aliphatic rings. The Hall–Kier alpha value is -11.2. The Morgan fingerprint density at radius 3 is 1.17 bits per heavy atom. The van der Waals surface area contributed by atoms with Gasteiger partial charge in [-0.25, -0.2) is 27.1 Å². The molecule has 0 saturated carbocycles. The van der Waals surface area contributed by atoms with Crippen LogP contribution in [0.5, 0.6) is 46.0 Å². The van der Waals surface area contributed by atoms with Crippen molar-refractivity contribution in [2.45, 2.75) is 66.2 Å². The van der Waals surface area contributed by atoms with Gasteiger partial charge in [0.1, 0.15) is 0 Å². The zero-order valence-electron chi connectivity index (χ0n) is 58.2. The standard InChI is InChI=1S/C22H22N2O4S.C14H18O5.C12H16N2O4.C10H8OS.C9H10O4.C4H9NO2.H2N2.H2O.H2/c1-14-17(16-6-4-5-7-21(16)29-14)13-23-24-22(26)11-9-18(25)15-8-10-19(27-2)20(12-15)28-3;1-4-19-14(16)8-6-11(15)10-5-7-12(17-2)13(9-10)18-3;1-17-10-5-3-8(7-11(10)18-2)9(15)4-6-12(16)14-13;1-7-9(6-11)8-4-2-3-5-10(8)12-7;1-12-7-4-3-6(9(10)11)5-8(7)13-2;1-2-7-4(6)3-5;1-2;;/h4-8,10,12-13H,9,11H2,1-3H3,(H,24,26);5,7,9H,4,6,8H2,1-3H3;3,5,7H,4,6,13H2,1-2H3,(H,14,16);2-6H,1H3;3-5H,1-2H3,(H,10,11);2-3,5H2,1H3;1-2H;1H2;1H/b23-13+;;;;;;;;. The zero-order chi connectivity index (χ0) is 74.7. The molecule has 546 valence electrons. The summed E-state index contributed by atoms with van der Waals surface area (Å²) in [6.45, 7) is 8.19. The summed E-state index contributed by atoms with van der Waals surface area (Å²) in [5, 5.41) is 14.9. The smallest absolute Gasteiger partial charge is 0.335 e. The quantitative estimate of drug-likeness (QED) is 0.00367. The van der Waals surface area contributed by atoms with Gasteiger partial charge in [-0.2, -0.15) is 5.10 Å². The number of ketones is 3. The number of ether oxygens (including phenoxy) is 10. The van der Waals surface area contributed by atoms with E-state index in [1.165, 1.54) is 78.4 Å². The molecule has 6 aromatic carbocycles. The van der Waals surface area contributed by atoms with Gasteiger partial charge in [-0.3, -0.25) is 43.8 Å². The molecule has 11 N–H and O–H groups in total. The summed E-state index contributed by atoms with van der Waals surface area (Å²) >= 11 is 3.36. The second kappa shape index (κ2) is 48.5. The maximum Gasteiger partial charge on any atom is 0.335 e. The molecule has 8 rings (SSSR count). The Balaban J connectivity index is 0.00000124. The van der Waals surface area contributed by atoms with E-state index >= 15 is 0 Å². The van der Waals surface area contributed by atoms with E-state index in [-0.39, 0.29) is 98.6 Å². The highest BCUT2D eigenvalue weighted by Gasteiger charge is 2.17. The molecule has 8 aromatic rings. The predicted molar refractivity (Wildman–Crippen MR) is 386 cm³/mol. The van der Waals surface area contributed by atoms with Crippen LogP contribution in [0.1, 0.15) is 121 Å². The van der Waals surface area contributed by atoms with E-state index in [4.69, 9.17) is 70.4 Å². The highest BCUT2D eigenvalue weighted by atomic mass is 32.1. The number of carbonyl (C=O) groups is 9. The second-order valence-corrected chi connectivity index (χ2v) is 22.3. The molecule has 2 amide bonds. The number of nitrogens with one attached hydrogen (secondary N) is 4. The topological polar surface area (TPSA) is 434 Å². The van der Waals surface area contributed by atoms with Crippen LogP contribution in [0.4, 0.5) is 0 Å². The van der Waals surface area contributed by atoms with Crippen molar-refractivity contribution in [1.29, 1.82) is 11.1 Å². The molecular formula is C71H89N7O21S2. The summed E-state index contributed by atoms with van der Waals surface area (Å²) in [6.07, 6.45) is 3.08. The van der Waals surface area contributed by atoms with E-state index in [1.807, 2.05) is 61.7 Å². The number of carboxylic acid groups (broad SMARTS) is 1. The average Bonchev–Trinajstić information content (AvgIpc) is 1.65. The highest BCUT2D eigenvalue weighted by molar-refractivity contribution is 7.19. The molecule has 30 heteroatoms. The summed E-state index contributed by atoms with van der Waals surface area (Å²) in [4.78, 5) is 104. The van der Waals surface area contributed by atoms with Gasteiger partial charge in [0.15, 0.2) is 69.6 Å². The van der Waals surface area contributed by atoms with Gasteiger partial charge in [-0.1, -0.05) is 36.4 Å². The Morgan fingerprint density at radius 1 is 0.485 bits per heavy atom. The first kappa shape index (κ1) is 87.8. The number of aromatic carboxylic acids is 1. The van der Waals surface area contributed by atoms with Crippen molar-refractivity contribution >= 4 is 102 Å². The normalized spacial score (nSPS) is 9.80. The summed E-state index contributed by atoms with van der Waals surface area (Å²) in [7, 11) is 12.0. The summed E-state index contributed by atoms with van der Waals surface area (Å²) in [5.74, 6) is 6.17. The average molecular weight is 1440 g/mol. The number of hydrogen-bond acceptors (Lipinski definition) is 26. The number of methoxy groups -OCH3 is 8. The molecule has 0 fully saturated rings. The number of hydrogen-bond donors (Lipinski definition) is 7. The molecular weight excluding hydrogens is 1350 g/mol. The lowest BCUT2D eigenvalue weighted by Gasteiger charge is -2.09. The molecule has 0 radical (unpaired) electrons. The number of nitrogens with two attached hydrogens (primary N) is 2. The number of hydrazine groups is 1. The van der Waals surface area contributed by atoms with Gasteiger partial charge in [-0.05, 0) is 113 Å². The van der Waals surface area contributed by atoms with Crippen molar-refractivity contribution < 1.29 is 103 Å². The van der Waals surface area contributed by atoms with Gasteiger partial charge in [0.25, 0.3) is 0 Å². The molecule has 2 aromatic heterocycles. The third-order valence-electron chi connectivity index (χ3n) is 13.5. The monoisotopic (exact) mass is 1440 g/mol. The van der Waals surface area contributed by atoms with Gasteiger partial charge in [0, 0.05) is 91.3 Å². The SMILES string of the molecule is CCOC(=O)CCC(=O)c1ccc(OC)c(OC)c1.CCOC(=O)CN.COc1ccc(C(=O)CCC(=O)N/N=C/c2c(C)sc3ccccc23)cc1OC.COc1ccc(C(=O)CCC(=O)NN)cc1OC.COc1ccc(C(=O)O)cc1OC.Cc1sc2ccccc2c1C=O.N=N.O.[HH]. The molecule has 0 spiro atoms. The lowest BCUT2D eigenvalue weighted by Crippen LogP contribution is -2.30. The molecule has 0 saturated heterocycles. The van der Waals surface area contributed by atoms with Crippen LogP contribution in [-0.4, -0.2) is 147 Å². The number of aldehydes is 1. The van der Waals surface area contributed by atoms with Crippen molar-refractivity contribution in [3.8, 4) is 46.0 Å². The predicted octanol–water partition coefficient (Wildman–Crippen LogP) is 11.2. The minimum absolute atomic E-state index is 0. The number of rotatable bonds is 27. The Labute approximate surface area is 594 Å². The third-order valence-corrected chi connectivity index (χ3v) is 15.7. The highest BCUT2D eigenvalue weighted by Crippen LogP contribution is 2.33. The number of benzene rings is 6. The van der Waals surface area contributed by atoms with Gasteiger partial charge in [0.2, 0.25) is 11.8 Å². The summed E-state index contributed by atoms with van der Waals surface area (Å²) in [5.41, 5.74) is 22.8. The number of Topliss-reactive ketones (excluding diaryl/α,β-unsaturated/α-hetero) is 3. The summed E-state index contributed by atoms with van der Waals surface area (Å²) < 4.78 is 52.2. The van der Waals surface area contributed by atoms with E-state index < -0.39 is 5.97 Å². The molecule has 0 atom stereocenters. The zero-order valence-corrected chi connectivity index (χ0v) is 59.8. The third kappa shape index (κ3) is 29.0. The summed E-state index contributed by atoms with van der Waals surface area (Å²) in [6, 6.07) is 35.2. The molecule has 0 aliphatic heterocycles. The fourth-order valence-electron chi connectivity index (χ4n) is 8.53. The number of amides is 2. The molecule has 28 nitrogen and oxygen atoms in total. The maximum atomic E-state index is 12.4. The van der Waals surface area contributed by atoms with Crippen LogP contribution in [0.25, 0.3) is 20.2 Å². The van der Waals surface area contributed by atoms with Crippen molar-refractivity contribution in [3.63, 3.8) is 0 Å². The van der Waals surface area contributed by atoms with Gasteiger partial charge < -0.3 is 63.7 Å². The maximum absolute atomic E-state index is 12.4. The second-order valence-electron chi connectivity index (χ2n) is 19.8. The van der Waals surface area contributed by atoms with E-state index in [1.54, 1.807) is 103 Å². The first-order chi connectivity index (χ1) is 48.1. The number of nitrogens with zero attached hydrogens (tertiary/aromatic N) is 1. The Bertz CT molecular complexity index is 4030. The van der Waals surface area contributed by atoms with Crippen LogP contribution in [0.3, 0.4) is 0 Å². The van der Waals surface area contributed by atoms with E-state index in [0.29, 0.717) is 75.9 Å². The fraction of sp³-hybridized carbons (Fsp3) is 0.296. The fourth-order valence-corrected chi connectivity index (χ4v) is 10.6. The van der Waals surface area contributed by atoms with Crippen molar-refractivity contribution in [2.24, 2.45) is 16.7 Å². The van der Waals surface area contributed by atoms with Gasteiger partial charge in [0.05, 0.1) is 94.8 Å².